The average Bonchev–Trinajstić information content (AvgIpc) is 2.44. The molecule has 0 aliphatic rings. The molecule has 21 heavy (non-hydrogen) atoms. The summed E-state index contributed by atoms with van der Waals surface area (Å²) in [5, 5.41) is 0. The summed E-state index contributed by atoms with van der Waals surface area (Å²) in [6.07, 6.45) is 4.17. The SMILES string of the molecule is CCCCC(CC)COP(=O)(O)Oc1cccc(C)c1C. The largest absolute Gasteiger partial charge is 0.527 e. The van der Waals surface area contributed by atoms with Gasteiger partial charge in [0.2, 0.25) is 0 Å². The molecule has 0 fully saturated rings. The van der Waals surface area contributed by atoms with E-state index < -0.39 is 7.82 Å². The lowest BCUT2D eigenvalue weighted by atomic mass is 10.0. The summed E-state index contributed by atoms with van der Waals surface area (Å²) in [6.45, 7) is 8.25. The van der Waals surface area contributed by atoms with Crippen molar-refractivity contribution in [1.29, 1.82) is 0 Å². The van der Waals surface area contributed by atoms with E-state index in [0.29, 0.717) is 11.7 Å². The van der Waals surface area contributed by atoms with Gasteiger partial charge < -0.3 is 4.52 Å². The third-order valence-electron chi connectivity index (χ3n) is 3.79. The van der Waals surface area contributed by atoms with Gasteiger partial charge in [-0.05, 0) is 43.4 Å². The third-order valence-corrected chi connectivity index (χ3v) is 4.69. The molecular formula is C16H27O4P. The molecule has 0 heterocycles. The fourth-order valence-corrected chi connectivity index (χ4v) is 2.97. The van der Waals surface area contributed by atoms with Crippen molar-refractivity contribution in [3.63, 3.8) is 0 Å². The summed E-state index contributed by atoms with van der Waals surface area (Å²) in [5.41, 5.74) is 1.87. The first-order valence-electron chi connectivity index (χ1n) is 7.62. The van der Waals surface area contributed by atoms with E-state index in [0.717, 1.165) is 36.8 Å². The number of hydrogen-bond acceptors (Lipinski definition) is 3. The van der Waals surface area contributed by atoms with E-state index in [1.165, 1.54) is 0 Å². The van der Waals surface area contributed by atoms with Crippen LogP contribution in [0.4, 0.5) is 0 Å². The number of hydrogen-bond donors (Lipinski definition) is 1. The van der Waals surface area contributed by atoms with Crippen molar-refractivity contribution in [2.45, 2.75) is 53.4 Å². The second kappa shape index (κ2) is 8.57. The molecule has 0 bridgehead atoms. The van der Waals surface area contributed by atoms with E-state index in [2.05, 4.69) is 13.8 Å². The molecule has 0 saturated carbocycles. The summed E-state index contributed by atoms with van der Waals surface area (Å²) >= 11 is 0. The third kappa shape index (κ3) is 6.21. The molecule has 1 rings (SSSR count). The standard InChI is InChI=1S/C16H27O4P/c1-5-7-10-15(6-2)12-19-21(17,18)20-16-11-8-9-13(3)14(16)4/h8-9,11,15H,5-7,10,12H2,1-4H3,(H,17,18). The zero-order chi connectivity index (χ0) is 15.9. The van der Waals surface area contributed by atoms with Gasteiger partial charge in [0.25, 0.3) is 0 Å². The van der Waals surface area contributed by atoms with Gasteiger partial charge in [0.05, 0.1) is 6.61 Å². The van der Waals surface area contributed by atoms with Crippen molar-refractivity contribution in [3.05, 3.63) is 29.3 Å². The number of rotatable bonds is 9. The first-order chi connectivity index (χ1) is 9.89. The maximum Gasteiger partial charge on any atom is 0.527 e. The summed E-state index contributed by atoms with van der Waals surface area (Å²) in [6, 6.07) is 5.42. The van der Waals surface area contributed by atoms with Crippen LogP contribution < -0.4 is 4.52 Å². The molecule has 1 aromatic carbocycles. The lowest BCUT2D eigenvalue weighted by Crippen LogP contribution is -2.09. The Bertz CT molecular complexity index is 487. The van der Waals surface area contributed by atoms with Gasteiger partial charge in [-0.15, -0.1) is 0 Å². The molecule has 0 spiro atoms. The Morgan fingerprint density at radius 2 is 2.00 bits per heavy atom. The van der Waals surface area contributed by atoms with Crippen LogP contribution in [0.5, 0.6) is 5.75 Å². The van der Waals surface area contributed by atoms with Gasteiger partial charge in [-0.1, -0.05) is 45.2 Å². The van der Waals surface area contributed by atoms with Gasteiger partial charge in [0, 0.05) is 0 Å². The van der Waals surface area contributed by atoms with Crippen LogP contribution in [0.1, 0.15) is 50.7 Å². The van der Waals surface area contributed by atoms with Crippen LogP contribution in [0.3, 0.4) is 0 Å². The smallest absolute Gasteiger partial charge is 0.404 e. The zero-order valence-electron chi connectivity index (χ0n) is 13.5. The predicted molar refractivity (Wildman–Crippen MR) is 85.6 cm³/mol. The Labute approximate surface area is 128 Å². The first kappa shape index (κ1) is 18.2. The Balaban J connectivity index is 2.60. The molecule has 0 saturated heterocycles. The van der Waals surface area contributed by atoms with E-state index in [-0.39, 0.29) is 6.61 Å². The minimum Gasteiger partial charge on any atom is -0.404 e. The highest BCUT2D eigenvalue weighted by atomic mass is 31.2. The van der Waals surface area contributed by atoms with Crippen molar-refractivity contribution in [2.75, 3.05) is 6.61 Å². The molecule has 4 nitrogen and oxygen atoms in total. The van der Waals surface area contributed by atoms with Crippen LogP contribution in [0, 0.1) is 19.8 Å². The highest BCUT2D eigenvalue weighted by molar-refractivity contribution is 7.47. The lowest BCUT2D eigenvalue weighted by molar-refractivity contribution is 0.166. The topological polar surface area (TPSA) is 55.8 Å². The lowest BCUT2D eigenvalue weighted by Gasteiger charge is -2.19. The summed E-state index contributed by atoms with van der Waals surface area (Å²) in [4.78, 5) is 9.86. The number of benzene rings is 1. The molecular weight excluding hydrogens is 287 g/mol. The van der Waals surface area contributed by atoms with Gasteiger partial charge >= 0.3 is 7.82 Å². The van der Waals surface area contributed by atoms with Crippen LogP contribution >= 0.6 is 7.82 Å². The van der Waals surface area contributed by atoms with E-state index in [1.54, 1.807) is 12.1 Å². The molecule has 0 aliphatic carbocycles. The van der Waals surface area contributed by atoms with Crippen LogP contribution in [0.15, 0.2) is 18.2 Å². The minimum absolute atomic E-state index is 0.259. The van der Waals surface area contributed by atoms with Gasteiger partial charge in [0.1, 0.15) is 5.75 Å². The van der Waals surface area contributed by atoms with Crippen LogP contribution in [0.2, 0.25) is 0 Å². The van der Waals surface area contributed by atoms with E-state index in [9.17, 15) is 9.46 Å². The number of aryl methyl sites for hydroxylation is 1. The van der Waals surface area contributed by atoms with E-state index in [1.807, 2.05) is 19.9 Å². The van der Waals surface area contributed by atoms with Gasteiger partial charge in [-0.2, -0.15) is 0 Å². The highest BCUT2D eigenvalue weighted by Gasteiger charge is 2.25. The molecule has 1 N–H and O–H groups in total. The molecule has 1 aromatic rings. The second-order valence-corrected chi connectivity index (χ2v) is 6.85. The Hall–Kier alpha value is -0.830. The number of phosphoric acid groups is 1. The Morgan fingerprint density at radius 1 is 1.29 bits per heavy atom. The van der Waals surface area contributed by atoms with Crippen molar-refractivity contribution in [1.82, 2.24) is 0 Å². The minimum atomic E-state index is -4.06. The molecule has 0 aliphatic heterocycles. The van der Waals surface area contributed by atoms with E-state index >= 15 is 0 Å². The van der Waals surface area contributed by atoms with Gasteiger partial charge in [0.15, 0.2) is 0 Å². The zero-order valence-corrected chi connectivity index (χ0v) is 14.4. The Kier molecular flexibility index (Phi) is 7.44. The molecule has 2 atom stereocenters. The van der Waals surface area contributed by atoms with Crippen LogP contribution in [-0.4, -0.2) is 11.5 Å². The van der Waals surface area contributed by atoms with Crippen LogP contribution in [0.25, 0.3) is 0 Å². The number of unbranched alkanes of at least 4 members (excludes halogenated alkanes) is 1. The highest BCUT2D eigenvalue weighted by Crippen LogP contribution is 2.45. The second-order valence-electron chi connectivity index (χ2n) is 5.47. The van der Waals surface area contributed by atoms with Crippen molar-refractivity contribution >= 4 is 7.82 Å². The van der Waals surface area contributed by atoms with Gasteiger partial charge in [-0.25, -0.2) is 4.57 Å². The van der Waals surface area contributed by atoms with Crippen molar-refractivity contribution < 1.29 is 18.5 Å². The fourth-order valence-electron chi connectivity index (χ4n) is 2.07. The molecule has 5 heteroatoms. The molecule has 0 amide bonds. The van der Waals surface area contributed by atoms with Gasteiger partial charge in [-0.3, -0.25) is 9.42 Å². The first-order valence-corrected chi connectivity index (χ1v) is 9.12. The normalized spacial score (nSPS) is 15.5. The Morgan fingerprint density at radius 3 is 2.62 bits per heavy atom. The summed E-state index contributed by atoms with van der Waals surface area (Å²) < 4.78 is 22.4. The number of phosphoric ester groups is 1. The molecule has 2 unspecified atom stereocenters. The average molecular weight is 314 g/mol. The monoisotopic (exact) mass is 314 g/mol. The maximum atomic E-state index is 12.1. The molecule has 0 aromatic heterocycles. The molecule has 0 radical (unpaired) electrons. The summed E-state index contributed by atoms with van der Waals surface area (Å²) in [7, 11) is -4.06. The van der Waals surface area contributed by atoms with Crippen LogP contribution in [-0.2, 0) is 9.09 Å². The van der Waals surface area contributed by atoms with Crippen molar-refractivity contribution in [2.24, 2.45) is 5.92 Å². The maximum absolute atomic E-state index is 12.1. The quantitative estimate of drug-likeness (QED) is 0.650. The molecule has 120 valence electrons. The van der Waals surface area contributed by atoms with E-state index in [4.69, 9.17) is 9.05 Å². The summed E-state index contributed by atoms with van der Waals surface area (Å²) in [5.74, 6) is 0.704. The fraction of sp³-hybridized carbons (Fsp3) is 0.625. The predicted octanol–water partition coefficient (Wildman–Crippen LogP) is 5.02. The van der Waals surface area contributed by atoms with Crippen molar-refractivity contribution in [3.8, 4) is 5.75 Å².